The average molecular weight is 659 g/mol. The summed E-state index contributed by atoms with van der Waals surface area (Å²) in [5.74, 6) is -4.70. The molecule has 40 heavy (non-hydrogen) atoms. The van der Waals surface area contributed by atoms with Crippen LogP contribution >= 0.6 is 11.6 Å². The van der Waals surface area contributed by atoms with Crippen LogP contribution in [0, 0.1) is 11.6 Å². The number of sulfonamides is 2. The molecule has 3 rings (SSSR count). The molecule has 20 heteroatoms. The summed E-state index contributed by atoms with van der Waals surface area (Å²) in [6.45, 7) is 0. The predicted molar refractivity (Wildman–Crippen MR) is 124 cm³/mol. The highest BCUT2D eigenvalue weighted by atomic mass is 35.5. The van der Waals surface area contributed by atoms with E-state index in [4.69, 9.17) is 11.6 Å². The maximum absolute atomic E-state index is 14.8. The van der Waals surface area contributed by atoms with E-state index < -0.39 is 83.3 Å². The Hall–Kier alpha value is -3.03. The molecule has 1 heterocycles. The van der Waals surface area contributed by atoms with Gasteiger partial charge >= 0.3 is 31.1 Å². The smallest absolute Gasteiger partial charge is 0.237 e. The van der Waals surface area contributed by atoms with Gasteiger partial charge in [0.2, 0.25) is 0 Å². The Kier molecular flexibility index (Phi) is 8.21. The number of sulfone groups is 1. The van der Waals surface area contributed by atoms with Crippen LogP contribution in [0.25, 0.3) is 0 Å². The van der Waals surface area contributed by atoms with E-state index in [2.05, 4.69) is 4.98 Å². The van der Waals surface area contributed by atoms with Crippen molar-refractivity contribution in [3.05, 3.63) is 88.6 Å². The second kappa shape index (κ2) is 10.4. The first kappa shape index (κ1) is 31.5. The third-order valence-corrected chi connectivity index (χ3v) is 10.9. The minimum absolute atomic E-state index is 0.0176. The van der Waals surface area contributed by atoms with E-state index in [0.29, 0.717) is 24.3 Å². The number of halogens is 9. The van der Waals surface area contributed by atoms with Crippen LogP contribution in [0.3, 0.4) is 0 Å². The first-order valence-electron chi connectivity index (χ1n) is 9.96. The van der Waals surface area contributed by atoms with E-state index in [-0.39, 0.29) is 17.3 Å². The van der Waals surface area contributed by atoms with Gasteiger partial charge in [0.05, 0.1) is 4.90 Å². The third kappa shape index (κ3) is 5.72. The topological polar surface area (TPSA) is 119 Å². The van der Waals surface area contributed by atoms with Crippen molar-refractivity contribution in [1.82, 2.24) is 4.98 Å². The van der Waals surface area contributed by atoms with Crippen LogP contribution < -0.4 is 3.71 Å². The molecule has 0 amide bonds. The van der Waals surface area contributed by atoms with E-state index in [9.17, 15) is 60.4 Å². The molecular weight excluding hydrogens is 648 g/mol. The lowest BCUT2D eigenvalue weighted by atomic mass is 10.0. The number of hydrogen-bond donors (Lipinski definition) is 0. The summed E-state index contributed by atoms with van der Waals surface area (Å²) >= 11 is 5.72. The van der Waals surface area contributed by atoms with Crippen molar-refractivity contribution >= 4 is 47.3 Å². The molecule has 0 bridgehead atoms. The SMILES string of the molecule is O=S(=O)(c1ccc(Cl)cc1)C(c1ccnc(N(S(=O)(=O)C(F)(F)F)S(=O)(=O)C(F)(F)F)c1)c1cc(F)ccc1F. The second-order valence-electron chi connectivity index (χ2n) is 7.59. The zero-order valence-corrected chi connectivity index (χ0v) is 22.0. The van der Waals surface area contributed by atoms with E-state index in [1.165, 1.54) is 0 Å². The molecule has 0 aliphatic rings. The molecular formula is C20H11ClF8N2O6S3. The summed E-state index contributed by atoms with van der Waals surface area (Å²) < 4.78 is 181. The molecule has 1 aromatic heterocycles. The van der Waals surface area contributed by atoms with Gasteiger partial charge in [-0.15, -0.1) is 3.71 Å². The van der Waals surface area contributed by atoms with Crippen molar-refractivity contribution in [2.75, 3.05) is 3.71 Å². The molecule has 0 fully saturated rings. The molecule has 2 aromatic carbocycles. The van der Waals surface area contributed by atoms with Gasteiger partial charge in [0.25, 0.3) is 0 Å². The van der Waals surface area contributed by atoms with Gasteiger partial charge in [-0.25, -0.2) is 22.2 Å². The fraction of sp³-hybridized carbons (Fsp3) is 0.150. The number of rotatable bonds is 7. The number of anilines is 1. The Labute approximate surface area is 225 Å². The van der Waals surface area contributed by atoms with Gasteiger partial charge in [0.15, 0.2) is 15.7 Å². The summed E-state index contributed by atoms with van der Waals surface area (Å²) in [4.78, 5) is 2.32. The average Bonchev–Trinajstić information content (AvgIpc) is 2.80. The van der Waals surface area contributed by atoms with Crippen LogP contribution in [-0.2, 0) is 29.9 Å². The minimum atomic E-state index is -7.38. The number of aromatic nitrogens is 1. The molecule has 3 aromatic rings. The minimum Gasteiger partial charge on any atom is -0.237 e. The third-order valence-electron chi connectivity index (χ3n) is 4.97. The molecule has 1 unspecified atom stereocenters. The quantitative estimate of drug-likeness (QED) is 0.325. The van der Waals surface area contributed by atoms with Crippen molar-refractivity contribution in [1.29, 1.82) is 0 Å². The zero-order valence-electron chi connectivity index (χ0n) is 18.8. The number of alkyl halides is 6. The van der Waals surface area contributed by atoms with Gasteiger partial charge in [-0.3, -0.25) is 0 Å². The summed E-state index contributed by atoms with van der Waals surface area (Å²) in [5.41, 5.74) is -15.2. The number of hydrogen-bond acceptors (Lipinski definition) is 7. The maximum atomic E-state index is 14.8. The fourth-order valence-corrected chi connectivity index (χ4v) is 7.80. The van der Waals surface area contributed by atoms with E-state index in [1.54, 1.807) is 0 Å². The lowest BCUT2D eigenvalue weighted by Crippen LogP contribution is -2.49. The number of pyridine rings is 1. The zero-order chi connectivity index (χ0) is 30.5. The Bertz CT molecular complexity index is 1720. The summed E-state index contributed by atoms with van der Waals surface area (Å²) in [5, 5.41) is -2.46. The van der Waals surface area contributed by atoms with Crippen LogP contribution in [0.15, 0.2) is 65.7 Å². The molecule has 0 aliphatic heterocycles. The van der Waals surface area contributed by atoms with Crippen molar-refractivity contribution in [3.63, 3.8) is 0 Å². The molecule has 0 saturated carbocycles. The molecule has 0 N–H and O–H groups in total. The van der Waals surface area contributed by atoms with Gasteiger partial charge in [-0.05, 0) is 60.2 Å². The standard InChI is InChI=1S/C20H11ClF8N2O6S3/c21-12-1-4-14(5-2-12)38(32,33)18(15-10-13(22)3-6-16(15)23)11-7-8-30-17(9-11)31(39(34,35)19(24,25)26)40(36,37)20(27,28)29/h1-10,18H. The van der Waals surface area contributed by atoms with Crippen molar-refractivity contribution in [2.24, 2.45) is 0 Å². The number of benzene rings is 2. The molecule has 218 valence electrons. The molecule has 1 atom stereocenters. The molecule has 0 radical (unpaired) electrons. The predicted octanol–water partition coefficient (Wildman–Crippen LogP) is 5.08. The van der Waals surface area contributed by atoms with E-state index in [0.717, 1.165) is 24.3 Å². The van der Waals surface area contributed by atoms with E-state index >= 15 is 0 Å². The largest absolute Gasteiger partial charge is 0.517 e. The van der Waals surface area contributed by atoms with Crippen molar-refractivity contribution in [2.45, 2.75) is 21.2 Å². The monoisotopic (exact) mass is 658 g/mol. The fourth-order valence-electron chi connectivity index (χ4n) is 3.26. The lowest BCUT2D eigenvalue weighted by Gasteiger charge is -2.26. The highest BCUT2D eigenvalue weighted by Crippen LogP contribution is 2.41. The van der Waals surface area contributed by atoms with E-state index in [1.807, 2.05) is 0 Å². The van der Waals surface area contributed by atoms with Crippen LogP contribution in [0.4, 0.5) is 40.9 Å². The summed E-state index contributed by atoms with van der Waals surface area (Å²) in [6, 6.07) is 5.81. The Balaban J connectivity index is 2.41. The van der Waals surface area contributed by atoms with Gasteiger partial charge in [-0.1, -0.05) is 11.6 Å². The molecule has 0 saturated heterocycles. The van der Waals surface area contributed by atoms with Crippen molar-refractivity contribution < 1.29 is 60.4 Å². The van der Waals surface area contributed by atoms with Crippen LogP contribution in [-0.4, -0.2) is 41.3 Å². The summed E-state index contributed by atoms with van der Waals surface area (Å²) in [6.07, 6.45) is 0.275. The van der Waals surface area contributed by atoms with Crippen LogP contribution in [0.2, 0.25) is 5.02 Å². The van der Waals surface area contributed by atoms with Crippen molar-refractivity contribution in [3.8, 4) is 0 Å². The second-order valence-corrected chi connectivity index (χ2v) is 13.8. The lowest BCUT2D eigenvalue weighted by molar-refractivity contribution is -0.0462. The first-order chi connectivity index (χ1) is 18.1. The highest BCUT2D eigenvalue weighted by molar-refractivity contribution is 8.11. The van der Waals surface area contributed by atoms with Crippen LogP contribution in [0.1, 0.15) is 16.4 Å². The molecule has 8 nitrogen and oxygen atoms in total. The Morgan fingerprint density at radius 1 is 0.750 bits per heavy atom. The molecule has 0 aliphatic carbocycles. The van der Waals surface area contributed by atoms with Crippen LogP contribution in [0.5, 0.6) is 0 Å². The highest BCUT2D eigenvalue weighted by Gasteiger charge is 2.62. The summed E-state index contributed by atoms with van der Waals surface area (Å²) in [7, 11) is -19.8. The van der Waals surface area contributed by atoms with Gasteiger partial charge < -0.3 is 0 Å². The van der Waals surface area contributed by atoms with Gasteiger partial charge in [0.1, 0.15) is 16.9 Å². The molecule has 0 spiro atoms. The Morgan fingerprint density at radius 3 is 1.77 bits per heavy atom. The Morgan fingerprint density at radius 2 is 1.27 bits per heavy atom. The van der Waals surface area contributed by atoms with Gasteiger partial charge in [0, 0.05) is 16.8 Å². The normalized spacial score (nSPS) is 14.1. The number of nitrogens with zero attached hydrogens (tertiary/aromatic N) is 2. The maximum Gasteiger partial charge on any atom is 0.517 e. The van der Waals surface area contributed by atoms with Gasteiger partial charge in [-0.2, -0.15) is 43.2 Å². The first-order valence-corrected chi connectivity index (χ1v) is 14.8.